The number of nitrogens with one attached hydrogen (secondary N) is 1. The van der Waals surface area contributed by atoms with Crippen molar-refractivity contribution in [2.45, 2.75) is 6.54 Å². The van der Waals surface area contributed by atoms with E-state index in [-0.39, 0.29) is 0 Å². The Morgan fingerprint density at radius 3 is 3.00 bits per heavy atom. The maximum Gasteiger partial charge on any atom is 0.132 e. The van der Waals surface area contributed by atoms with Gasteiger partial charge in [0.05, 0.1) is 5.69 Å². The lowest BCUT2D eigenvalue weighted by Crippen LogP contribution is -2.06. The van der Waals surface area contributed by atoms with Crippen molar-refractivity contribution in [1.29, 1.82) is 0 Å². The Kier molecular flexibility index (Phi) is 2.59. The summed E-state index contributed by atoms with van der Waals surface area (Å²) in [6, 6.07) is 1.73. The summed E-state index contributed by atoms with van der Waals surface area (Å²) in [6.07, 6.45) is 1.45. The molecule has 0 fully saturated rings. The average molecular weight is 158 g/mol. The van der Waals surface area contributed by atoms with Crippen LogP contribution in [0.15, 0.2) is 12.4 Å². The van der Waals surface area contributed by atoms with E-state index in [1.54, 1.807) is 6.07 Å². The lowest BCUT2D eigenvalue weighted by atomic mass is 10.4. The summed E-state index contributed by atoms with van der Waals surface area (Å²) in [5.74, 6) is 0. The third-order valence-corrected chi connectivity index (χ3v) is 1.25. The molecular weight excluding hydrogens is 150 g/mol. The molecule has 0 bridgehead atoms. The molecular formula is C6H8ClN3. The van der Waals surface area contributed by atoms with E-state index in [2.05, 4.69) is 15.3 Å². The number of hydrogen-bond donors (Lipinski definition) is 1. The van der Waals surface area contributed by atoms with Crippen LogP contribution in [0.25, 0.3) is 0 Å². The van der Waals surface area contributed by atoms with Crippen LogP contribution in [0.1, 0.15) is 5.69 Å². The molecule has 4 heteroatoms. The van der Waals surface area contributed by atoms with Crippen molar-refractivity contribution in [3.63, 3.8) is 0 Å². The second kappa shape index (κ2) is 3.49. The van der Waals surface area contributed by atoms with E-state index in [9.17, 15) is 0 Å². The lowest BCUT2D eigenvalue weighted by Gasteiger charge is -1.96. The Bertz CT molecular complexity index is 214. The van der Waals surface area contributed by atoms with Gasteiger partial charge in [0.25, 0.3) is 0 Å². The zero-order chi connectivity index (χ0) is 7.40. The highest BCUT2D eigenvalue weighted by Crippen LogP contribution is 2.02. The zero-order valence-electron chi connectivity index (χ0n) is 5.63. The van der Waals surface area contributed by atoms with E-state index in [0.717, 1.165) is 12.2 Å². The van der Waals surface area contributed by atoms with Gasteiger partial charge in [-0.15, -0.1) is 0 Å². The van der Waals surface area contributed by atoms with Crippen molar-refractivity contribution in [3.8, 4) is 0 Å². The summed E-state index contributed by atoms with van der Waals surface area (Å²) in [5.41, 5.74) is 0.905. The second-order valence-electron chi connectivity index (χ2n) is 1.86. The van der Waals surface area contributed by atoms with Gasteiger partial charge in [0.1, 0.15) is 11.5 Å². The number of hydrogen-bond acceptors (Lipinski definition) is 3. The molecule has 0 aliphatic carbocycles. The van der Waals surface area contributed by atoms with E-state index in [1.165, 1.54) is 6.33 Å². The molecule has 1 N–H and O–H groups in total. The van der Waals surface area contributed by atoms with E-state index in [1.807, 2.05) is 7.05 Å². The first-order valence-corrected chi connectivity index (χ1v) is 3.32. The van der Waals surface area contributed by atoms with Crippen molar-refractivity contribution in [2.75, 3.05) is 7.05 Å². The molecule has 1 rings (SSSR count). The molecule has 0 saturated heterocycles. The summed E-state index contributed by atoms with van der Waals surface area (Å²) >= 11 is 5.60. The number of rotatable bonds is 2. The minimum absolute atomic E-state index is 0.486. The van der Waals surface area contributed by atoms with E-state index < -0.39 is 0 Å². The van der Waals surface area contributed by atoms with Crippen molar-refractivity contribution in [3.05, 3.63) is 23.2 Å². The Balaban J connectivity index is 2.75. The molecule has 3 nitrogen and oxygen atoms in total. The smallest absolute Gasteiger partial charge is 0.132 e. The van der Waals surface area contributed by atoms with Crippen LogP contribution in [0.4, 0.5) is 0 Å². The first kappa shape index (κ1) is 7.44. The molecule has 1 aromatic rings. The minimum atomic E-state index is 0.486. The summed E-state index contributed by atoms with van der Waals surface area (Å²) < 4.78 is 0. The van der Waals surface area contributed by atoms with Crippen LogP contribution in [-0.4, -0.2) is 17.0 Å². The van der Waals surface area contributed by atoms with Crippen LogP contribution < -0.4 is 5.32 Å². The number of halogens is 1. The molecule has 10 heavy (non-hydrogen) atoms. The molecule has 1 heterocycles. The van der Waals surface area contributed by atoms with Crippen LogP contribution in [0.2, 0.25) is 5.15 Å². The van der Waals surface area contributed by atoms with Crippen molar-refractivity contribution < 1.29 is 0 Å². The van der Waals surface area contributed by atoms with Crippen LogP contribution in [0.3, 0.4) is 0 Å². The van der Waals surface area contributed by atoms with Gasteiger partial charge in [-0.25, -0.2) is 9.97 Å². The maximum atomic E-state index is 5.60. The molecule has 0 amide bonds. The molecule has 0 saturated carbocycles. The Morgan fingerprint density at radius 1 is 1.60 bits per heavy atom. The third kappa shape index (κ3) is 1.93. The molecule has 1 aromatic heterocycles. The van der Waals surface area contributed by atoms with Crippen LogP contribution in [-0.2, 0) is 6.54 Å². The first-order valence-electron chi connectivity index (χ1n) is 2.94. The van der Waals surface area contributed by atoms with E-state index in [4.69, 9.17) is 11.6 Å². The highest BCUT2D eigenvalue weighted by atomic mass is 35.5. The van der Waals surface area contributed by atoms with Crippen molar-refractivity contribution in [1.82, 2.24) is 15.3 Å². The van der Waals surface area contributed by atoms with Gasteiger partial charge in [-0.05, 0) is 13.1 Å². The van der Waals surface area contributed by atoms with Gasteiger partial charge in [-0.1, -0.05) is 11.6 Å². The Hall–Kier alpha value is -0.670. The summed E-state index contributed by atoms with van der Waals surface area (Å²) in [5, 5.41) is 3.45. The quantitative estimate of drug-likeness (QED) is 0.647. The second-order valence-corrected chi connectivity index (χ2v) is 2.25. The molecule has 0 aliphatic rings. The van der Waals surface area contributed by atoms with Gasteiger partial charge in [-0.2, -0.15) is 0 Å². The largest absolute Gasteiger partial charge is 0.314 e. The number of nitrogens with zero attached hydrogens (tertiary/aromatic N) is 2. The van der Waals surface area contributed by atoms with Crippen LogP contribution in [0.5, 0.6) is 0 Å². The van der Waals surface area contributed by atoms with Gasteiger partial charge < -0.3 is 5.32 Å². The van der Waals surface area contributed by atoms with Gasteiger partial charge >= 0.3 is 0 Å². The molecule has 0 atom stereocenters. The van der Waals surface area contributed by atoms with Gasteiger partial charge in [0.15, 0.2) is 0 Å². The fraction of sp³-hybridized carbons (Fsp3) is 0.333. The Labute approximate surface area is 64.5 Å². The standard InChI is InChI=1S/C6H8ClN3/c1-8-3-5-2-6(7)10-4-9-5/h2,4,8H,3H2,1H3. The fourth-order valence-corrected chi connectivity index (χ4v) is 0.818. The zero-order valence-corrected chi connectivity index (χ0v) is 6.39. The first-order chi connectivity index (χ1) is 4.83. The normalized spacial score (nSPS) is 9.80. The summed E-state index contributed by atoms with van der Waals surface area (Å²) in [7, 11) is 1.86. The molecule has 0 spiro atoms. The lowest BCUT2D eigenvalue weighted by molar-refractivity contribution is 0.786. The SMILES string of the molecule is CNCc1cc(Cl)ncn1. The van der Waals surface area contributed by atoms with Crippen molar-refractivity contribution in [2.24, 2.45) is 0 Å². The third-order valence-electron chi connectivity index (χ3n) is 1.05. The van der Waals surface area contributed by atoms with Crippen molar-refractivity contribution >= 4 is 11.6 Å². The fourth-order valence-electron chi connectivity index (χ4n) is 0.648. The van der Waals surface area contributed by atoms with Crippen LogP contribution in [0, 0.1) is 0 Å². The van der Waals surface area contributed by atoms with Crippen LogP contribution >= 0.6 is 11.6 Å². The summed E-state index contributed by atoms with van der Waals surface area (Å²) in [6.45, 7) is 0.724. The van der Waals surface area contributed by atoms with E-state index in [0.29, 0.717) is 5.15 Å². The van der Waals surface area contributed by atoms with Gasteiger partial charge in [0, 0.05) is 6.54 Å². The van der Waals surface area contributed by atoms with E-state index >= 15 is 0 Å². The average Bonchev–Trinajstić information content (AvgIpc) is 1.88. The highest BCUT2D eigenvalue weighted by Gasteiger charge is 1.92. The molecule has 0 aliphatic heterocycles. The highest BCUT2D eigenvalue weighted by molar-refractivity contribution is 6.29. The predicted molar refractivity (Wildman–Crippen MR) is 39.8 cm³/mol. The molecule has 54 valence electrons. The Morgan fingerprint density at radius 2 is 2.40 bits per heavy atom. The topological polar surface area (TPSA) is 37.8 Å². The summed E-state index contributed by atoms with van der Waals surface area (Å²) in [4.78, 5) is 7.72. The molecule has 0 radical (unpaired) electrons. The minimum Gasteiger partial charge on any atom is -0.314 e. The predicted octanol–water partition coefficient (Wildman–Crippen LogP) is 0.849. The van der Waals surface area contributed by atoms with Gasteiger partial charge in [-0.3, -0.25) is 0 Å². The van der Waals surface area contributed by atoms with Gasteiger partial charge in [0.2, 0.25) is 0 Å². The molecule has 0 aromatic carbocycles. The molecule has 0 unspecified atom stereocenters. The monoisotopic (exact) mass is 157 g/mol. The maximum absolute atomic E-state index is 5.60. The number of aromatic nitrogens is 2.